The molecule has 0 radical (unpaired) electrons. The quantitative estimate of drug-likeness (QED) is 0.832. The van der Waals surface area contributed by atoms with E-state index in [-0.39, 0.29) is 0 Å². The van der Waals surface area contributed by atoms with Gasteiger partial charge in [0.2, 0.25) is 0 Å². The maximum Gasteiger partial charge on any atom is 0.0764 e. The Morgan fingerprint density at radius 3 is 2.80 bits per heavy atom. The number of rotatable bonds is 7. The number of hydrogen-bond donors (Lipinski definition) is 1. The molecule has 114 valence electrons. The molecule has 1 fully saturated rings. The predicted molar refractivity (Wildman–Crippen MR) is 83.8 cm³/mol. The highest BCUT2D eigenvalue weighted by molar-refractivity contribution is 5.01. The third-order valence-electron chi connectivity index (χ3n) is 4.61. The van der Waals surface area contributed by atoms with Gasteiger partial charge in [-0.25, -0.2) is 0 Å². The number of hydrogen-bond acceptors (Lipinski definition) is 3. The molecule has 0 amide bonds. The van der Waals surface area contributed by atoms with Crippen molar-refractivity contribution in [1.82, 2.24) is 20.0 Å². The standard InChI is InChI=1S/C16H30N4/c1-5-15(6-2)20-9-7-14(18-20)11-19-10-8-16(3,13-19)12-17-4/h7,9,15,17H,5-6,8,10-13H2,1-4H3. The zero-order chi connectivity index (χ0) is 14.6. The van der Waals surface area contributed by atoms with Gasteiger partial charge in [-0.3, -0.25) is 9.58 Å². The average molecular weight is 278 g/mol. The van der Waals surface area contributed by atoms with Gasteiger partial charge < -0.3 is 5.32 Å². The molecule has 1 aromatic rings. The molecule has 4 heteroatoms. The highest BCUT2D eigenvalue weighted by atomic mass is 15.3. The van der Waals surface area contributed by atoms with Crippen molar-refractivity contribution in [2.24, 2.45) is 5.41 Å². The molecule has 1 N–H and O–H groups in total. The maximum atomic E-state index is 4.77. The van der Waals surface area contributed by atoms with E-state index in [0.29, 0.717) is 11.5 Å². The van der Waals surface area contributed by atoms with Gasteiger partial charge in [0.05, 0.1) is 11.7 Å². The first kappa shape index (κ1) is 15.5. The van der Waals surface area contributed by atoms with Crippen LogP contribution in [0.15, 0.2) is 12.3 Å². The molecule has 0 bridgehead atoms. The van der Waals surface area contributed by atoms with Gasteiger partial charge in [-0.2, -0.15) is 5.10 Å². The van der Waals surface area contributed by atoms with E-state index in [1.807, 2.05) is 7.05 Å². The van der Waals surface area contributed by atoms with E-state index in [0.717, 1.165) is 25.9 Å². The van der Waals surface area contributed by atoms with Gasteiger partial charge in [-0.15, -0.1) is 0 Å². The number of nitrogens with zero attached hydrogens (tertiary/aromatic N) is 3. The third kappa shape index (κ3) is 3.61. The van der Waals surface area contributed by atoms with E-state index in [1.54, 1.807) is 0 Å². The van der Waals surface area contributed by atoms with Crippen LogP contribution >= 0.6 is 0 Å². The first-order valence-electron chi connectivity index (χ1n) is 8.01. The van der Waals surface area contributed by atoms with E-state index in [4.69, 9.17) is 5.10 Å². The monoisotopic (exact) mass is 278 g/mol. The summed E-state index contributed by atoms with van der Waals surface area (Å²) >= 11 is 0. The molecule has 4 nitrogen and oxygen atoms in total. The Hall–Kier alpha value is -0.870. The van der Waals surface area contributed by atoms with Crippen LogP contribution in [0, 0.1) is 5.41 Å². The van der Waals surface area contributed by atoms with Crippen LogP contribution in [-0.2, 0) is 6.54 Å². The second-order valence-electron chi connectivity index (χ2n) is 6.56. The van der Waals surface area contributed by atoms with Crippen molar-refractivity contribution in [3.05, 3.63) is 18.0 Å². The lowest BCUT2D eigenvalue weighted by atomic mass is 9.90. The second-order valence-corrected chi connectivity index (χ2v) is 6.56. The van der Waals surface area contributed by atoms with E-state index < -0.39 is 0 Å². The summed E-state index contributed by atoms with van der Waals surface area (Å²) < 4.78 is 2.15. The number of nitrogens with one attached hydrogen (secondary N) is 1. The first-order valence-corrected chi connectivity index (χ1v) is 8.01. The van der Waals surface area contributed by atoms with Crippen molar-refractivity contribution < 1.29 is 0 Å². The lowest BCUT2D eigenvalue weighted by Crippen LogP contribution is -2.33. The highest BCUT2D eigenvalue weighted by Crippen LogP contribution is 2.29. The van der Waals surface area contributed by atoms with Gasteiger partial charge >= 0.3 is 0 Å². The van der Waals surface area contributed by atoms with Gasteiger partial charge in [0.15, 0.2) is 0 Å². The molecule has 20 heavy (non-hydrogen) atoms. The van der Waals surface area contributed by atoms with Crippen molar-refractivity contribution in [3.63, 3.8) is 0 Å². The van der Waals surface area contributed by atoms with Crippen LogP contribution in [0.2, 0.25) is 0 Å². The van der Waals surface area contributed by atoms with Gasteiger partial charge in [0.1, 0.15) is 0 Å². The van der Waals surface area contributed by atoms with Crippen LogP contribution in [0.5, 0.6) is 0 Å². The highest BCUT2D eigenvalue weighted by Gasteiger charge is 2.33. The molecule has 2 rings (SSSR count). The fourth-order valence-corrected chi connectivity index (χ4v) is 3.39. The van der Waals surface area contributed by atoms with Crippen molar-refractivity contribution >= 4 is 0 Å². The zero-order valence-electron chi connectivity index (χ0n) is 13.5. The van der Waals surface area contributed by atoms with Crippen molar-refractivity contribution in [2.75, 3.05) is 26.7 Å². The smallest absolute Gasteiger partial charge is 0.0764 e. The summed E-state index contributed by atoms with van der Waals surface area (Å²) in [7, 11) is 2.05. The fraction of sp³-hybridized carbons (Fsp3) is 0.812. The molecule has 0 spiro atoms. The van der Waals surface area contributed by atoms with Crippen LogP contribution in [-0.4, -0.2) is 41.4 Å². The summed E-state index contributed by atoms with van der Waals surface area (Å²) in [6.07, 6.45) is 5.74. The molecule has 0 saturated carbocycles. The Balaban J connectivity index is 1.92. The number of likely N-dealkylation sites (tertiary alicyclic amines) is 1. The summed E-state index contributed by atoms with van der Waals surface area (Å²) in [5.74, 6) is 0. The minimum Gasteiger partial charge on any atom is -0.319 e. The van der Waals surface area contributed by atoms with Crippen molar-refractivity contribution in [3.8, 4) is 0 Å². The minimum atomic E-state index is 0.423. The van der Waals surface area contributed by atoms with Crippen LogP contribution < -0.4 is 5.32 Å². The Kier molecular flexibility index (Phi) is 5.22. The van der Waals surface area contributed by atoms with Crippen LogP contribution in [0.3, 0.4) is 0 Å². The van der Waals surface area contributed by atoms with E-state index in [1.165, 1.54) is 25.2 Å². The summed E-state index contributed by atoms with van der Waals surface area (Å²) in [5, 5.41) is 8.09. The summed E-state index contributed by atoms with van der Waals surface area (Å²) in [6.45, 7) is 11.3. The SMILES string of the molecule is CCC(CC)n1ccc(CN2CCC(C)(CNC)C2)n1. The summed E-state index contributed by atoms with van der Waals surface area (Å²) in [4.78, 5) is 2.54. The molecule has 1 atom stereocenters. The van der Waals surface area contributed by atoms with E-state index >= 15 is 0 Å². The van der Waals surface area contributed by atoms with Gasteiger partial charge in [-0.05, 0) is 44.3 Å². The Bertz CT molecular complexity index is 410. The van der Waals surface area contributed by atoms with E-state index in [9.17, 15) is 0 Å². The third-order valence-corrected chi connectivity index (χ3v) is 4.61. The average Bonchev–Trinajstić information content (AvgIpc) is 3.00. The van der Waals surface area contributed by atoms with Crippen molar-refractivity contribution in [2.45, 2.75) is 52.6 Å². The van der Waals surface area contributed by atoms with Gasteiger partial charge in [0.25, 0.3) is 0 Å². The fourth-order valence-electron chi connectivity index (χ4n) is 3.39. The molecule has 1 unspecified atom stereocenters. The molecule has 1 aromatic heterocycles. The predicted octanol–water partition coefficient (Wildman–Crippen LogP) is 2.68. The molecular formula is C16H30N4. The lowest BCUT2D eigenvalue weighted by Gasteiger charge is -2.24. The maximum absolute atomic E-state index is 4.77. The zero-order valence-corrected chi connectivity index (χ0v) is 13.5. The molecule has 2 heterocycles. The van der Waals surface area contributed by atoms with Crippen LogP contribution in [0.4, 0.5) is 0 Å². The minimum absolute atomic E-state index is 0.423. The van der Waals surface area contributed by atoms with Crippen LogP contribution in [0.25, 0.3) is 0 Å². The van der Waals surface area contributed by atoms with Crippen molar-refractivity contribution in [1.29, 1.82) is 0 Å². The summed E-state index contributed by atoms with van der Waals surface area (Å²) in [5.41, 5.74) is 1.64. The topological polar surface area (TPSA) is 33.1 Å². The van der Waals surface area contributed by atoms with E-state index in [2.05, 4.69) is 47.9 Å². The molecule has 1 aliphatic heterocycles. The van der Waals surface area contributed by atoms with Crippen LogP contribution in [0.1, 0.15) is 51.8 Å². The normalized spacial score (nSPS) is 23.9. The first-order chi connectivity index (χ1) is 9.60. The molecule has 1 aliphatic rings. The Morgan fingerprint density at radius 2 is 2.15 bits per heavy atom. The Morgan fingerprint density at radius 1 is 1.40 bits per heavy atom. The molecule has 1 saturated heterocycles. The molecule has 0 aromatic carbocycles. The lowest BCUT2D eigenvalue weighted by molar-refractivity contribution is 0.262. The Labute approximate surface area is 123 Å². The van der Waals surface area contributed by atoms with Gasteiger partial charge in [-0.1, -0.05) is 20.8 Å². The molecular weight excluding hydrogens is 248 g/mol. The summed E-state index contributed by atoms with van der Waals surface area (Å²) in [6, 6.07) is 2.74. The largest absolute Gasteiger partial charge is 0.319 e. The number of aromatic nitrogens is 2. The second kappa shape index (κ2) is 6.72. The molecule has 0 aliphatic carbocycles. The van der Waals surface area contributed by atoms with Gasteiger partial charge in [0, 0.05) is 25.8 Å².